The van der Waals surface area contributed by atoms with Crippen LogP contribution in [-0.4, -0.2) is 22.1 Å². The Morgan fingerprint density at radius 1 is 1.31 bits per heavy atom. The van der Waals surface area contributed by atoms with E-state index in [2.05, 4.69) is 17.2 Å². The Hall–Kier alpha value is -1.93. The van der Waals surface area contributed by atoms with Crippen LogP contribution in [-0.2, 0) is 17.7 Å². The van der Waals surface area contributed by atoms with Gasteiger partial charge in [0.1, 0.15) is 5.82 Å². The largest absolute Gasteiger partial charge is 0.491 e. The first kappa shape index (κ1) is 17.5. The van der Waals surface area contributed by atoms with Gasteiger partial charge in [-0.2, -0.15) is 0 Å². The van der Waals surface area contributed by atoms with Gasteiger partial charge >= 0.3 is 7.12 Å². The summed E-state index contributed by atoms with van der Waals surface area (Å²) in [6.07, 6.45) is 0.816. The highest BCUT2D eigenvalue weighted by Gasteiger charge is 2.27. The van der Waals surface area contributed by atoms with E-state index < -0.39 is 7.12 Å². The van der Waals surface area contributed by atoms with Crippen LogP contribution in [0.1, 0.15) is 23.7 Å². The molecule has 0 amide bonds. The number of nitrogens with zero attached hydrogens (tertiary/aromatic N) is 2. The van der Waals surface area contributed by atoms with Gasteiger partial charge in [-0.25, -0.2) is 9.97 Å². The Morgan fingerprint density at radius 3 is 2.88 bits per heavy atom. The van der Waals surface area contributed by atoms with Crippen LogP contribution >= 0.6 is 22.9 Å². The predicted octanol–water partition coefficient (Wildman–Crippen LogP) is 3.69. The van der Waals surface area contributed by atoms with Crippen LogP contribution in [0.2, 0.25) is 4.34 Å². The second-order valence-electron chi connectivity index (χ2n) is 6.12. The fourth-order valence-corrected chi connectivity index (χ4v) is 4.07. The number of fused-ring (bicyclic) bond motifs is 1. The molecule has 0 saturated carbocycles. The van der Waals surface area contributed by atoms with Crippen molar-refractivity contribution >= 4 is 47.0 Å². The average molecular weight is 386 g/mol. The van der Waals surface area contributed by atoms with Crippen molar-refractivity contribution in [2.75, 3.05) is 5.32 Å². The molecule has 1 aliphatic rings. The summed E-state index contributed by atoms with van der Waals surface area (Å²) in [6, 6.07) is 9.63. The lowest BCUT2D eigenvalue weighted by Crippen LogP contribution is -2.28. The molecule has 0 spiro atoms. The number of thiophene rings is 1. The van der Waals surface area contributed by atoms with E-state index in [1.807, 2.05) is 37.3 Å². The van der Waals surface area contributed by atoms with E-state index in [4.69, 9.17) is 21.2 Å². The number of anilines is 2. The third-order valence-electron chi connectivity index (χ3n) is 4.43. The number of hydrogen-bond acceptors (Lipinski definition) is 6. The zero-order valence-electron chi connectivity index (χ0n) is 14.4. The topological polar surface area (TPSA) is 67.3 Å². The predicted molar refractivity (Wildman–Crippen MR) is 107 cm³/mol. The quantitative estimate of drug-likeness (QED) is 0.670. The summed E-state index contributed by atoms with van der Waals surface area (Å²) in [5.74, 6) is 1.43. The van der Waals surface area contributed by atoms with Crippen molar-refractivity contribution in [1.82, 2.24) is 9.97 Å². The summed E-state index contributed by atoms with van der Waals surface area (Å²) in [6.45, 7) is 4.51. The molecule has 0 atom stereocenters. The highest BCUT2D eigenvalue weighted by molar-refractivity contribution is 7.19. The number of rotatable bonds is 4. The van der Waals surface area contributed by atoms with E-state index in [1.54, 1.807) is 0 Å². The monoisotopic (exact) mass is 385 g/mol. The van der Waals surface area contributed by atoms with Gasteiger partial charge in [-0.05, 0) is 48.6 Å². The second-order valence-corrected chi connectivity index (χ2v) is 7.83. The first-order chi connectivity index (χ1) is 12.5. The minimum atomic E-state index is -0.867. The molecular formula is C18H17BClN3O2S. The van der Waals surface area contributed by atoms with Gasteiger partial charge in [0.25, 0.3) is 0 Å². The fraction of sp³-hybridized carbons (Fsp3) is 0.222. The minimum absolute atomic E-state index is 0.437. The van der Waals surface area contributed by atoms with Gasteiger partial charge in [0.05, 0.1) is 15.8 Å². The zero-order chi connectivity index (χ0) is 18.3. The van der Waals surface area contributed by atoms with Crippen molar-refractivity contribution in [3.63, 3.8) is 0 Å². The van der Waals surface area contributed by atoms with Crippen molar-refractivity contribution < 1.29 is 9.68 Å². The summed E-state index contributed by atoms with van der Waals surface area (Å²) in [5, 5.41) is 13.3. The third-order valence-corrected chi connectivity index (χ3v) is 5.66. The van der Waals surface area contributed by atoms with E-state index in [9.17, 15) is 5.02 Å². The maximum Gasteiger partial charge on any atom is 0.491 e. The van der Waals surface area contributed by atoms with Crippen LogP contribution in [0.4, 0.5) is 11.5 Å². The molecular weight excluding hydrogens is 369 g/mol. The molecule has 5 nitrogen and oxygen atoms in total. The van der Waals surface area contributed by atoms with Crippen LogP contribution in [0, 0.1) is 6.92 Å². The molecule has 4 rings (SSSR count). The summed E-state index contributed by atoms with van der Waals surface area (Å²) < 4.78 is 5.97. The molecule has 0 fully saturated rings. The third kappa shape index (κ3) is 3.23. The lowest BCUT2D eigenvalue weighted by atomic mass is 9.79. The number of nitrogens with one attached hydrogen (secondary N) is 1. The lowest BCUT2D eigenvalue weighted by Gasteiger charge is -2.14. The lowest BCUT2D eigenvalue weighted by molar-refractivity contribution is 0.275. The molecule has 3 aromatic rings. The number of benzene rings is 1. The summed E-state index contributed by atoms with van der Waals surface area (Å²) in [4.78, 5) is 10.3. The van der Waals surface area contributed by atoms with Crippen molar-refractivity contribution in [2.24, 2.45) is 0 Å². The summed E-state index contributed by atoms with van der Waals surface area (Å²) in [5.41, 5.74) is 4.66. The standard InChI is InChI=1S/C18H17BClN3O2S/c1-3-13-10(2)21-18(15-6-7-16(20)26-15)23-17(13)22-12-5-4-11-9-25-19(24)14(11)8-12/h4-8,24H,3,9H2,1-2H3,(H,21,22,23). The highest BCUT2D eigenvalue weighted by Crippen LogP contribution is 2.31. The number of halogens is 1. The first-order valence-electron chi connectivity index (χ1n) is 8.38. The van der Waals surface area contributed by atoms with Gasteiger partial charge in [0.15, 0.2) is 5.82 Å². The van der Waals surface area contributed by atoms with E-state index in [1.165, 1.54) is 11.3 Å². The van der Waals surface area contributed by atoms with Crippen LogP contribution in [0.5, 0.6) is 0 Å². The molecule has 1 aromatic carbocycles. The Kier molecular flexibility index (Phi) is 4.71. The molecule has 0 radical (unpaired) electrons. The molecule has 1 aliphatic heterocycles. The smallest absolute Gasteiger partial charge is 0.423 e. The average Bonchev–Trinajstić information content (AvgIpc) is 3.21. The van der Waals surface area contributed by atoms with E-state index in [-0.39, 0.29) is 0 Å². The Morgan fingerprint density at radius 2 is 2.15 bits per heavy atom. The van der Waals surface area contributed by atoms with Crippen LogP contribution in [0.25, 0.3) is 10.7 Å². The normalized spacial score (nSPS) is 13.2. The van der Waals surface area contributed by atoms with E-state index in [0.717, 1.165) is 45.1 Å². The number of hydrogen-bond donors (Lipinski definition) is 2. The maximum absolute atomic E-state index is 9.93. The van der Waals surface area contributed by atoms with E-state index >= 15 is 0 Å². The molecule has 2 N–H and O–H groups in total. The van der Waals surface area contributed by atoms with Crippen molar-refractivity contribution in [2.45, 2.75) is 26.9 Å². The minimum Gasteiger partial charge on any atom is -0.423 e. The zero-order valence-corrected chi connectivity index (χ0v) is 16.0. The van der Waals surface area contributed by atoms with Crippen LogP contribution < -0.4 is 10.8 Å². The van der Waals surface area contributed by atoms with Gasteiger partial charge < -0.3 is 15.0 Å². The van der Waals surface area contributed by atoms with Crippen LogP contribution in [0.3, 0.4) is 0 Å². The maximum atomic E-state index is 9.93. The Labute approximate surface area is 161 Å². The van der Waals surface area contributed by atoms with Crippen molar-refractivity contribution in [1.29, 1.82) is 0 Å². The fourth-order valence-electron chi connectivity index (χ4n) is 3.10. The van der Waals surface area contributed by atoms with Crippen LogP contribution in [0.15, 0.2) is 30.3 Å². The highest BCUT2D eigenvalue weighted by atomic mass is 35.5. The van der Waals surface area contributed by atoms with Gasteiger partial charge in [-0.3, -0.25) is 0 Å². The molecule has 2 aromatic heterocycles. The van der Waals surface area contributed by atoms with Gasteiger partial charge in [-0.1, -0.05) is 24.6 Å². The molecule has 0 bridgehead atoms. The second kappa shape index (κ2) is 7.00. The summed E-state index contributed by atoms with van der Waals surface area (Å²) in [7, 11) is -0.867. The summed E-state index contributed by atoms with van der Waals surface area (Å²) >= 11 is 7.52. The molecule has 26 heavy (non-hydrogen) atoms. The molecule has 132 valence electrons. The SMILES string of the molecule is CCc1c(C)nc(-c2ccc(Cl)s2)nc1Nc1ccc2c(c1)B(O)OC2. The van der Waals surface area contributed by atoms with Crippen molar-refractivity contribution in [3.05, 3.63) is 51.5 Å². The van der Waals surface area contributed by atoms with Gasteiger partial charge in [0.2, 0.25) is 0 Å². The van der Waals surface area contributed by atoms with Gasteiger partial charge in [0, 0.05) is 16.9 Å². The molecule has 0 saturated heterocycles. The Bertz CT molecular complexity index is 979. The number of aryl methyl sites for hydroxylation is 1. The number of aromatic nitrogens is 2. The molecule has 8 heteroatoms. The molecule has 0 unspecified atom stereocenters. The molecule has 0 aliphatic carbocycles. The first-order valence-corrected chi connectivity index (χ1v) is 9.57. The Balaban J connectivity index is 1.73. The van der Waals surface area contributed by atoms with Gasteiger partial charge in [-0.15, -0.1) is 11.3 Å². The van der Waals surface area contributed by atoms with Crippen molar-refractivity contribution in [3.8, 4) is 10.7 Å². The van der Waals surface area contributed by atoms with E-state index in [0.29, 0.717) is 16.8 Å². The molecule has 3 heterocycles.